The van der Waals surface area contributed by atoms with Crippen LogP contribution in [0.5, 0.6) is 0 Å². The van der Waals surface area contributed by atoms with E-state index in [1.165, 1.54) is 0 Å². The highest BCUT2D eigenvalue weighted by Gasteiger charge is 2.41. The number of aliphatic carboxylic acids is 2. The average Bonchev–Trinajstić information content (AvgIpc) is 3.13. The third-order valence-corrected chi connectivity index (χ3v) is 6.98. The van der Waals surface area contributed by atoms with Crippen LogP contribution in [0.1, 0.15) is 45.4 Å². The predicted molar refractivity (Wildman–Crippen MR) is 125 cm³/mol. The first-order valence-electron chi connectivity index (χ1n) is 11.3. The third kappa shape index (κ3) is 8.08. The highest BCUT2D eigenvalue weighted by molar-refractivity contribution is 8.00. The summed E-state index contributed by atoms with van der Waals surface area (Å²) < 4.78 is 5.31. The number of thioether (sulfide) groups is 1. The number of carbonyl (C=O) groups is 5. The van der Waals surface area contributed by atoms with E-state index in [4.69, 9.17) is 20.7 Å². The number of aliphatic hydroxyl groups is 1. The molecule has 0 aromatic rings. The van der Waals surface area contributed by atoms with E-state index in [1.807, 2.05) is 13.0 Å². The van der Waals surface area contributed by atoms with Gasteiger partial charge in [0.15, 0.2) is 0 Å². The maximum atomic E-state index is 12.5. The fourth-order valence-electron chi connectivity index (χ4n) is 3.64. The molecule has 12 nitrogen and oxygen atoms in total. The standard InChI is InChI=1S/C22H31N3O9S/c1-2-3-4-14-11-5-7-15(19(29)18(11)22(33)34-14)35-10-13(20(30)24-9-17(27)28)25-16(26)8-6-12(23)21(31)32/h4,12-13,15,19,29H,2-3,5-10,23H2,1H3,(H,24,30)(H,25,26)(H,27,28)(H,31,32)/b14-4+/t12-,13-,15+,19-/m0/s1. The van der Waals surface area contributed by atoms with Gasteiger partial charge < -0.3 is 36.4 Å². The zero-order chi connectivity index (χ0) is 26.1. The van der Waals surface area contributed by atoms with Crippen LogP contribution in [0.4, 0.5) is 0 Å². The van der Waals surface area contributed by atoms with Crippen molar-refractivity contribution >= 4 is 41.5 Å². The minimum Gasteiger partial charge on any atom is -0.480 e. The Balaban J connectivity index is 2.05. The molecule has 194 valence electrons. The number of unbranched alkanes of at least 4 members (excludes halogenated alkanes) is 1. The molecule has 0 aromatic carbocycles. The number of cyclic esters (lactones) is 1. The van der Waals surface area contributed by atoms with Crippen LogP contribution >= 0.6 is 11.8 Å². The van der Waals surface area contributed by atoms with Crippen LogP contribution in [0.3, 0.4) is 0 Å². The Bertz CT molecular complexity index is 918. The zero-order valence-corrected chi connectivity index (χ0v) is 20.1. The topological polar surface area (TPSA) is 205 Å². The van der Waals surface area contributed by atoms with E-state index in [9.17, 15) is 29.1 Å². The smallest absolute Gasteiger partial charge is 0.342 e. The maximum absolute atomic E-state index is 12.5. The van der Waals surface area contributed by atoms with Gasteiger partial charge in [-0.2, -0.15) is 11.8 Å². The number of amides is 2. The summed E-state index contributed by atoms with van der Waals surface area (Å²) in [5.74, 6) is -4.03. The quantitative estimate of drug-likeness (QED) is 0.176. The van der Waals surface area contributed by atoms with Crippen molar-refractivity contribution < 1.29 is 44.0 Å². The first kappa shape index (κ1) is 28.3. The van der Waals surface area contributed by atoms with Gasteiger partial charge in [-0.3, -0.25) is 19.2 Å². The van der Waals surface area contributed by atoms with E-state index >= 15 is 0 Å². The van der Waals surface area contributed by atoms with Crippen molar-refractivity contribution in [3.05, 3.63) is 23.0 Å². The monoisotopic (exact) mass is 513 g/mol. The van der Waals surface area contributed by atoms with Crippen molar-refractivity contribution in [2.75, 3.05) is 12.3 Å². The summed E-state index contributed by atoms with van der Waals surface area (Å²) in [4.78, 5) is 58.7. The fourth-order valence-corrected chi connectivity index (χ4v) is 4.92. The number of rotatable bonds is 13. The Morgan fingerprint density at radius 3 is 2.63 bits per heavy atom. The van der Waals surface area contributed by atoms with Gasteiger partial charge in [0.05, 0.1) is 11.7 Å². The molecule has 0 fully saturated rings. The molecular formula is C22H31N3O9S. The molecule has 0 saturated heterocycles. The lowest BCUT2D eigenvalue weighted by atomic mass is 9.89. The molecule has 1 aliphatic carbocycles. The van der Waals surface area contributed by atoms with E-state index in [2.05, 4.69) is 10.6 Å². The summed E-state index contributed by atoms with van der Waals surface area (Å²) >= 11 is 1.16. The predicted octanol–water partition coefficient (Wildman–Crippen LogP) is -0.342. The van der Waals surface area contributed by atoms with E-state index in [1.54, 1.807) is 0 Å². The number of nitrogens with two attached hydrogens (primary N) is 1. The molecule has 1 heterocycles. The van der Waals surface area contributed by atoms with Crippen molar-refractivity contribution in [3.63, 3.8) is 0 Å². The molecule has 2 amide bonds. The Hall–Kier alpha value is -2.90. The molecular weight excluding hydrogens is 482 g/mol. The number of carbonyl (C=O) groups excluding carboxylic acids is 3. The molecule has 0 saturated carbocycles. The number of ether oxygens (including phenoxy) is 1. The van der Waals surface area contributed by atoms with E-state index in [0.29, 0.717) is 24.2 Å². The molecule has 2 rings (SSSR count). The van der Waals surface area contributed by atoms with Gasteiger partial charge >= 0.3 is 17.9 Å². The normalized spacial score (nSPS) is 22.3. The molecule has 7 N–H and O–H groups in total. The van der Waals surface area contributed by atoms with Crippen LogP contribution in [-0.2, 0) is 28.7 Å². The molecule has 0 spiro atoms. The lowest BCUT2D eigenvalue weighted by Gasteiger charge is -2.28. The van der Waals surface area contributed by atoms with Crippen molar-refractivity contribution in [1.82, 2.24) is 10.6 Å². The van der Waals surface area contributed by atoms with Crippen LogP contribution in [0.15, 0.2) is 23.0 Å². The number of carboxylic acids is 2. The number of hydrogen-bond acceptors (Lipinski definition) is 9. The molecule has 1 aliphatic heterocycles. The molecule has 2 aliphatic rings. The number of esters is 1. The van der Waals surface area contributed by atoms with Crippen LogP contribution in [0.25, 0.3) is 0 Å². The van der Waals surface area contributed by atoms with Gasteiger partial charge in [-0.1, -0.05) is 13.3 Å². The third-order valence-electron chi connectivity index (χ3n) is 5.53. The second-order valence-corrected chi connectivity index (χ2v) is 9.48. The molecule has 4 atom stereocenters. The fraction of sp³-hybridized carbons (Fsp3) is 0.591. The molecule has 0 unspecified atom stereocenters. The van der Waals surface area contributed by atoms with Gasteiger partial charge in [-0.25, -0.2) is 4.79 Å². The number of hydrogen-bond donors (Lipinski definition) is 6. The molecule has 13 heteroatoms. The first-order valence-corrected chi connectivity index (χ1v) is 12.3. The van der Waals surface area contributed by atoms with Crippen LogP contribution in [-0.4, -0.2) is 80.8 Å². The van der Waals surface area contributed by atoms with Crippen molar-refractivity contribution in [2.45, 2.75) is 68.9 Å². The minimum atomic E-state index is -1.27. The molecule has 35 heavy (non-hydrogen) atoms. The van der Waals surface area contributed by atoms with Gasteiger partial charge in [0.1, 0.15) is 24.4 Å². The number of carboxylic acid groups (broad SMARTS) is 2. The number of aliphatic hydroxyl groups excluding tert-OH is 1. The Morgan fingerprint density at radius 2 is 2.00 bits per heavy atom. The van der Waals surface area contributed by atoms with Crippen LogP contribution in [0, 0.1) is 0 Å². The second kappa shape index (κ2) is 13.3. The summed E-state index contributed by atoms with van der Waals surface area (Å²) in [6.07, 6.45) is 2.91. The molecule has 0 aromatic heterocycles. The Labute approximate surface area is 206 Å². The zero-order valence-electron chi connectivity index (χ0n) is 19.3. The first-order chi connectivity index (χ1) is 16.5. The molecule has 0 bridgehead atoms. The van der Waals surface area contributed by atoms with E-state index in [0.717, 1.165) is 24.6 Å². The summed E-state index contributed by atoms with van der Waals surface area (Å²) in [6, 6.07) is -2.39. The summed E-state index contributed by atoms with van der Waals surface area (Å²) in [5.41, 5.74) is 6.29. The Kier molecular flexibility index (Phi) is 10.7. The number of allylic oxidation sites excluding steroid dienone is 2. The van der Waals surface area contributed by atoms with Gasteiger partial charge in [0.25, 0.3) is 0 Å². The lowest BCUT2D eigenvalue weighted by molar-refractivity contribution is -0.139. The van der Waals surface area contributed by atoms with Gasteiger partial charge in [0.2, 0.25) is 11.8 Å². The lowest BCUT2D eigenvalue weighted by Crippen LogP contribution is -2.50. The number of nitrogens with one attached hydrogen (secondary N) is 2. The summed E-state index contributed by atoms with van der Waals surface area (Å²) in [7, 11) is 0. The largest absolute Gasteiger partial charge is 0.480 e. The Morgan fingerprint density at radius 1 is 1.29 bits per heavy atom. The van der Waals surface area contributed by atoms with E-state index < -0.39 is 59.7 Å². The average molecular weight is 514 g/mol. The van der Waals surface area contributed by atoms with Crippen molar-refractivity contribution in [1.29, 1.82) is 0 Å². The maximum Gasteiger partial charge on any atom is 0.342 e. The van der Waals surface area contributed by atoms with Crippen molar-refractivity contribution in [3.8, 4) is 0 Å². The van der Waals surface area contributed by atoms with Crippen LogP contribution < -0.4 is 16.4 Å². The minimum absolute atomic E-state index is 0.0138. The summed E-state index contributed by atoms with van der Waals surface area (Å²) in [5, 5.41) is 32.7. The van der Waals surface area contributed by atoms with Gasteiger partial charge in [0, 0.05) is 23.0 Å². The van der Waals surface area contributed by atoms with E-state index in [-0.39, 0.29) is 24.2 Å². The van der Waals surface area contributed by atoms with Gasteiger partial charge in [-0.05, 0) is 31.8 Å². The second-order valence-electron chi connectivity index (χ2n) is 8.21. The van der Waals surface area contributed by atoms with Gasteiger partial charge in [-0.15, -0.1) is 0 Å². The summed E-state index contributed by atoms with van der Waals surface area (Å²) in [6.45, 7) is 1.34. The highest BCUT2D eigenvalue weighted by Crippen LogP contribution is 2.41. The SMILES string of the molecule is CCC/C=C1/OC(=O)C2=C1CC[C@@H](SC[C@H](NC(=O)CC[C@H](N)C(=O)O)C(=O)NCC(=O)O)[C@@H]2O. The highest BCUT2D eigenvalue weighted by atomic mass is 32.2. The van der Waals surface area contributed by atoms with Crippen LogP contribution in [0.2, 0.25) is 0 Å². The molecule has 0 radical (unpaired) electrons. The van der Waals surface area contributed by atoms with Crippen molar-refractivity contribution in [2.24, 2.45) is 5.73 Å².